The number of hydrogen-bond acceptors (Lipinski definition) is 4. The van der Waals surface area contributed by atoms with Crippen molar-refractivity contribution in [3.63, 3.8) is 0 Å². The lowest BCUT2D eigenvalue weighted by molar-refractivity contribution is -0.135. The molecule has 0 saturated carbocycles. The summed E-state index contributed by atoms with van der Waals surface area (Å²) in [6.07, 6.45) is 0. The van der Waals surface area contributed by atoms with Crippen LogP contribution in [0.2, 0.25) is 0 Å². The van der Waals surface area contributed by atoms with Gasteiger partial charge in [0.25, 0.3) is 0 Å². The number of phenolic OH excluding ortho intramolecular Hbond substituents is 1. The van der Waals surface area contributed by atoms with Crippen LogP contribution in [-0.4, -0.2) is 55.7 Å². The van der Waals surface area contributed by atoms with Crippen molar-refractivity contribution in [2.24, 2.45) is 5.92 Å². The van der Waals surface area contributed by atoms with E-state index in [0.29, 0.717) is 0 Å². The van der Waals surface area contributed by atoms with E-state index in [1.165, 1.54) is 0 Å². The quantitative estimate of drug-likeness (QED) is 0.858. The van der Waals surface area contributed by atoms with Crippen molar-refractivity contribution in [1.82, 2.24) is 10.2 Å². The fraction of sp³-hybridized carbons (Fsp3) is 0.533. The minimum absolute atomic E-state index is 0.0280. The summed E-state index contributed by atoms with van der Waals surface area (Å²) in [6, 6.07) is 7.22. The highest BCUT2D eigenvalue weighted by molar-refractivity contribution is 5.79. The fourth-order valence-electron chi connectivity index (χ4n) is 2.55. The van der Waals surface area contributed by atoms with Crippen LogP contribution in [0.25, 0.3) is 0 Å². The summed E-state index contributed by atoms with van der Waals surface area (Å²) in [6.45, 7) is 5.87. The average molecular weight is 277 g/mol. The van der Waals surface area contributed by atoms with Gasteiger partial charge >= 0.3 is 0 Å². The number of nitrogens with zero attached hydrogens (tertiary/aromatic N) is 2. The number of rotatable bonds is 4. The first-order chi connectivity index (χ1) is 9.61. The molecule has 0 aliphatic carbocycles. The van der Waals surface area contributed by atoms with Gasteiger partial charge in [0, 0.05) is 44.3 Å². The standard InChI is InChI=1S/C15H23N3O2/c1-12(11-16-2)15(20)18-9-7-17(8-10-18)13-3-5-14(19)6-4-13/h3-6,12,16,19H,7-11H2,1-2H3. The molecular formula is C15H23N3O2. The van der Waals surface area contributed by atoms with Gasteiger partial charge in [-0.15, -0.1) is 0 Å². The summed E-state index contributed by atoms with van der Waals surface area (Å²) in [7, 11) is 1.87. The second-order valence-corrected chi connectivity index (χ2v) is 5.29. The molecule has 1 amide bonds. The number of amides is 1. The molecule has 1 aromatic rings. The summed E-state index contributed by atoms with van der Waals surface area (Å²) in [5, 5.41) is 12.3. The molecule has 1 aliphatic heterocycles. The molecule has 1 heterocycles. The van der Waals surface area contributed by atoms with Gasteiger partial charge in [-0.3, -0.25) is 4.79 Å². The molecule has 1 atom stereocenters. The number of carbonyl (C=O) groups excluding carboxylic acids is 1. The van der Waals surface area contributed by atoms with Gasteiger partial charge in [0.2, 0.25) is 5.91 Å². The van der Waals surface area contributed by atoms with Crippen LogP contribution in [0, 0.1) is 5.92 Å². The normalized spacial score (nSPS) is 17.1. The second-order valence-electron chi connectivity index (χ2n) is 5.29. The van der Waals surface area contributed by atoms with Gasteiger partial charge in [0.15, 0.2) is 0 Å². The van der Waals surface area contributed by atoms with Gasteiger partial charge in [0.05, 0.1) is 0 Å². The third-order valence-electron chi connectivity index (χ3n) is 3.74. The highest BCUT2D eigenvalue weighted by Crippen LogP contribution is 2.20. The van der Waals surface area contributed by atoms with Crippen LogP contribution < -0.4 is 10.2 Å². The lowest BCUT2D eigenvalue weighted by Crippen LogP contribution is -2.51. The molecule has 20 heavy (non-hydrogen) atoms. The van der Waals surface area contributed by atoms with Crippen LogP contribution in [0.15, 0.2) is 24.3 Å². The summed E-state index contributed by atoms with van der Waals surface area (Å²) in [5.41, 5.74) is 1.10. The first-order valence-electron chi connectivity index (χ1n) is 7.09. The van der Waals surface area contributed by atoms with Gasteiger partial charge in [-0.05, 0) is 31.3 Å². The Morgan fingerprint density at radius 2 is 1.85 bits per heavy atom. The Balaban J connectivity index is 1.89. The first kappa shape index (κ1) is 14.7. The van der Waals surface area contributed by atoms with Crippen LogP contribution in [0.1, 0.15) is 6.92 Å². The summed E-state index contributed by atoms with van der Waals surface area (Å²) in [5.74, 6) is 0.536. The smallest absolute Gasteiger partial charge is 0.226 e. The molecule has 0 radical (unpaired) electrons. The van der Waals surface area contributed by atoms with Crippen LogP contribution in [0.3, 0.4) is 0 Å². The molecule has 1 saturated heterocycles. The number of anilines is 1. The Morgan fingerprint density at radius 3 is 2.40 bits per heavy atom. The van der Waals surface area contributed by atoms with Crippen LogP contribution in [0.4, 0.5) is 5.69 Å². The van der Waals surface area contributed by atoms with Gasteiger partial charge in [-0.2, -0.15) is 0 Å². The van der Waals surface area contributed by atoms with E-state index in [9.17, 15) is 9.90 Å². The van der Waals surface area contributed by atoms with Crippen molar-refractivity contribution in [2.75, 3.05) is 44.7 Å². The summed E-state index contributed by atoms with van der Waals surface area (Å²) >= 11 is 0. The predicted octanol–water partition coefficient (Wildman–Crippen LogP) is 0.896. The zero-order valence-corrected chi connectivity index (χ0v) is 12.2. The largest absolute Gasteiger partial charge is 0.508 e. The van der Waals surface area contributed by atoms with Crippen molar-refractivity contribution >= 4 is 11.6 Å². The van der Waals surface area contributed by atoms with Gasteiger partial charge < -0.3 is 20.2 Å². The number of carbonyl (C=O) groups is 1. The van der Waals surface area contributed by atoms with Crippen LogP contribution in [-0.2, 0) is 4.79 Å². The van der Waals surface area contributed by atoms with E-state index >= 15 is 0 Å². The Labute approximate surface area is 120 Å². The maximum atomic E-state index is 12.2. The summed E-state index contributed by atoms with van der Waals surface area (Å²) < 4.78 is 0. The SMILES string of the molecule is CNCC(C)C(=O)N1CCN(c2ccc(O)cc2)CC1. The molecule has 0 bridgehead atoms. The van der Waals surface area contributed by atoms with Gasteiger partial charge in [0.1, 0.15) is 5.75 Å². The number of aromatic hydroxyl groups is 1. The highest BCUT2D eigenvalue weighted by atomic mass is 16.3. The Bertz CT molecular complexity index is 439. The lowest BCUT2D eigenvalue weighted by atomic mass is 10.1. The van der Waals surface area contributed by atoms with Crippen molar-refractivity contribution in [2.45, 2.75) is 6.92 Å². The van der Waals surface area contributed by atoms with Gasteiger partial charge in [-0.25, -0.2) is 0 Å². The molecule has 1 unspecified atom stereocenters. The second kappa shape index (κ2) is 6.61. The van der Waals surface area contributed by atoms with E-state index in [4.69, 9.17) is 0 Å². The zero-order valence-electron chi connectivity index (χ0n) is 12.2. The maximum absolute atomic E-state index is 12.2. The van der Waals surface area contributed by atoms with Gasteiger partial charge in [-0.1, -0.05) is 6.92 Å². The number of piperazine rings is 1. The molecule has 0 aromatic heterocycles. The molecular weight excluding hydrogens is 254 g/mol. The molecule has 1 aromatic carbocycles. The summed E-state index contributed by atoms with van der Waals surface area (Å²) in [4.78, 5) is 16.4. The topological polar surface area (TPSA) is 55.8 Å². The Kier molecular flexibility index (Phi) is 4.84. The first-order valence-corrected chi connectivity index (χ1v) is 7.09. The van der Waals surface area contributed by atoms with E-state index in [-0.39, 0.29) is 17.6 Å². The molecule has 5 nitrogen and oxygen atoms in total. The molecule has 2 rings (SSSR count). The van der Waals surface area contributed by atoms with Crippen LogP contribution in [0.5, 0.6) is 5.75 Å². The third kappa shape index (κ3) is 3.42. The number of nitrogens with one attached hydrogen (secondary N) is 1. The minimum Gasteiger partial charge on any atom is -0.508 e. The monoisotopic (exact) mass is 277 g/mol. The predicted molar refractivity (Wildman–Crippen MR) is 80.0 cm³/mol. The molecule has 2 N–H and O–H groups in total. The maximum Gasteiger partial charge on any atom is 0.226 e. The number of benzene rings is 1. The fourth-order valence-corrected chi connectivity index (χ4v) is 2.55. The molecule has 110 valence electrons. The zero-order chi connectivity index (χ0) is 14.5. The van der Waals surface area contributed by atoms with Crippen molar-refractivity contribution in [3.8, 4) is 5.75 Å². The molecule has 1 fully saturated rings. The minimum atomic E-state index is 0.0280. The van der Waals surface area contributed by atoms with Crippen molar-refractivity contribution in [3.05, 3.63) is 24.3 Å². The van der Waals surface area contributed by atoms with E-state index in [1.807, 2.05) is 31.0 Å². The van der Waals surface area contributed by atoms with E-state index < -0.39 is 0 Å². The van der Waals surface area contributed by atoms with Crippen LogP contribution >= 0.6 is 0 Å². The lowest BCUT2D eigenvalue weighted by Gasteiger charge is -2.37. The van der Waals surface area contributed by atoms with Crippen molar-refractivity contribution < 1.29 is 9.90 Å². The highest BCUT2D eigenvalue weighted by Gasteiger charge is 2.24. The van der Waals surface area contributed by atoms with E-state index in [0.717, 1.165) is 38.4 Å². The van der Waals surface area contributed by atoms with E-state index in [2.05, 4.69) is 10.2 Å². The number of hydrogen-bond donors (Lipinski definition) is 2. The Morgan fingerprint density at radius 1 is 1.25 bits per heavy atom. The average Bonchev–Trinajstić information content (AvgIpc) is 2.48. The molecule has 0 spiro atoms. The number of phenols is 1. The van der Waals surface area contributed by atoms with E-state index in [1.54, 1.807) is 12.1 Å². The molecule has 5 heteroatoms. The molecule has 1 aliphatic rings. The Hall–Kier alpha value is -1.75. The third-order valence-corrected chi connectivity index (χ3v) is 3.74. The van der Waals surface area contributed by atoms with Crippen molar-refractivity contribution in [1.29, 1.82) is 0 Å².